The fraction of sp³-hybridized carbons (Fsp3) is 0.312. The first-order valence-electron chi connectivity index (χ1n) is 7.63. The summed E-state index contributed by atoms with van der Waals surface area (Å²) < 4.78 is 11.1. The van der Waals surface area contributed by atoms with Gasteiger partial charge in [-0.15, -0.1) is 0 Å². The molecule has 0 bridgehead atoms. The van der Waals surface area contributed by atoms with Gasteiger partial charge in [0.15, 0.2) is 12.2 Å². The number of ether oxygens (including phenoxy) is 2. The maximum atomic E-state index is 6.15. The number of nitrogens with two attached hydrogens (primary N) is 2. The lowest BCUT2D eigenvalue weighted by Crippen LogP contribution is -2.45. The van der Waals surface area contributed by atoms with E-state index in [-0.39, 0.29) is 6.35 Å². The van der Waals surface area contributed by atoms with E-state index in [1.165, 1.54) is 0 Å². The lowest BCUT2D eigenvalue weighted by molar-refractivity contribution is 0.0578. The third kappa shape index (κ3) is 5.36. The van der Waals surface area contributed by atoms with E-state index in [4.69, 9.17) is 32.8 Å². The number of hydrazine groups is 1. The highest BCUT2D eigenvalue weighted by Crippen LogP contribution is 2.30. The number of methoxy groups -OCH3 is 1. The van der Waals surface area contributed by atoms with Crippen molar-refractivity contribution in [1.82, 2.24) is 16.1 Å². The molecule has 0 aliphatic carbocycles. The molecule has 1 heterocycles. The van der Waals surface area contributed by atoms with Crippen LogP contribution in [0.4, 0.5) is 0 Å². The highest BCUT2D eigenvalue weighted by atomic mass is 35.5. The van der Waals surface area contributed by atoms with Crippen molar-refractivity contribution in [3.63, 3.8) is 0 Å². The zero-order chi connectivity index (χ0) is 18.2. The molecular formula is C16H23ClN6O2. The summed E-state index contributed by atoms with van der Waals surface area (Å²) in [4.78, 5) is 0. The molecule has 8 nitrogen and oxygen atoms in total. The standard InChI is InChI=1S/C16H23ClN6O2/c1-10(5-15(22-18)23-19)9-25-14-4-3-12(17)6-13(14)11-7-20-16(24-2)21-8-11/h3-7,16,20-21H,8-9,18-19H2,1-2H3,(H,22,23)/b10-5-. The summed E-state index contributed by atoms with van der Waals surface area (Å²) in [5.41, 5.74) is 5.22. The number of benzene rings is 1. The largest absolute Gasteiger partial charge is 0.489 e. The van der Waals surface area contributed by atoms with Crippen molar-refractivity contribution in [2.75, 3.05) is 20.3 Å². The van der Waals surface area contributed by atoms with E-state index in [1.54, 1.807) is 19.3 Å². The van der Waals surface area contributed by atoms with E-state index in [0.717, 1.165) is 22.5 Å². The minimum absolute atomic E-state index is 0.213. The maximum absolute atomic E-state index is 6.15. The average molecular weight is 367 g/mol. The Bertz CT molecular complexity index is 689. The third-order valence-electron chi connectivity index (χ3n) is 3.54. The fourth-order valence-electron chi connectivity index (χ4n) is 2.28. The Morgan fingerprint density at radius 3 is 2.92 bits per heavy atom. The second-order valence-corrected chi connectivity index (χ2v) is 5.85. The minimum atomic E-state index is -0.213. The van der Waals surface area contributed by atoms with Crippen LogP contribution < -0.4 is 32.5 Å². The molecule has 1 aliphatic rings. The van der Waals surface area contributed by atoms with E-state index in [9.17, 15) is 0 Å². The van der Waals surface area contributed by atoms with Gasteiger partial charge in [0.05, 0.1) is 0 Å². The van der Waals surface area contributed by atoms with E-state index in [0.29, 0.717) is 24.0 Å². The number of nitrogens with zero attached hydrogens (tertiary/aromatic N) is 1. The first kappa shape index (κ1) is 19.1. The predicted octanol–water partition coefficient (Wildman–Crippen LogP) is 0.864. The van der Waals surface area contributed by atoms with Crippen LogP contribution in [0.1, 0.15) is 12.5 Å². The van der Waals surface area contributed by atoms with Gasteiger partial charge in [-0.05, 0) is 42.3 Å². The van der Waals surface area contributed by atoms with Gasteiger partial charge >= 0.3 is 0 Å². The van der Waals surface area contributed by atoms with Crippen molar-refractivity contribution in [2.24, 2.45) is 16.8 Å². The molecule has 136 valence electrons. The van der Waals surface area contributed by atoms with Crippen LogP contribution in [0.15, 0.2) is 41.1 Å². The van der Waals surface area contributed by atoms with Gasteiger partial charge in [0.1, 0.15) is 12.4 Å². The van der Waals surface area contributed by atoms with Gasteiger partial charge in [-0.1, -0.05) is 11.6 Å². The quantitative estimate of drug-likeness (QED) is 0.219. The summed E-state index contributed by atoms with van der Waals surface area (Å²) in [6, 6.07) is 5.50. The normalized spacial score (nSPS) is 18.4. The smallest absolute Gasteiger partial charge is 0.183 e. The number of hydrazone groups is 1. The predicted molar refractivity (Wildman–Crippen MR) is 99.6 cm³/mol. The molecule has 1 atom stereocenters. The lowest BCUT2D eigenvalue weighted by Gasteiger charge is -2.25. The van der Waals surface area contributed by atoms with Crippen molar-refractivity contribution in [3.8, 4) is 5.75 Å². The number of hydrogen-bond donors (Lipinski definition) is 5. The van der Waals surface area contributed by atoms with E-state index in [1.807, 2.05) is 25.3 Å². The van der Waals surface area contributed by atoms with Gasteiger partial charge in [0.25, 0.3) is 0 Å². The second kappa shape index (κ2) is 9.28. The van der Waals surface area contributed by atoms with Gasteiger partial charge in [0.2, 0.25) is 0 Å². The van der Waals surface area contributed by atoms with Crippen molar-refractivity contribution < 1.29 is 9.47 Å². The Kier molecular flexibility index (Phi) is 7.08. The van der Waals surface area contributed by atoms with Crippen LogP contribution >= 0.6 is 11.6 Å². The van der Waals surface area contributed by atoms with Gasteiger partial charge in [-0.2, -0.15) is 5.10 Å². The molecule has 0 amide bonds. The molecule has 1 aliphatic heterocycles. The summed E-state index contributed by atoms with van der Waals surface area (Å²) in [5.74, 6) is 11.6. The van der Waals surface area contributed by atoms with Crippen LogP contribution in [-0.4, -0.2) is 32.4 Å². The van der Waals surface area contributed by atoms with Crippen LogP contribution in [-0.2, 0) is 4.74 Å². The lowest BCUT2D eigenvalue weighted by atomic mass is 10.0. The van der Waals surface area contributed by atoms with Crippen molar-refractivity contribution in [3.05, 3.63) is 46.6 Å². The van der Waals surface area contributed by atoms with E-state index < -0.39 is 0 Å². The van der Waals surface area contributed by atoms with Crippen LogP contribution in [0.3, 0.4) is 0 Å². The highest BCUT2D eigenvalue weighted by molar-refractivity contribution is 6.30. The number of halogens is 1. The molecule has 0 aromatic heterocycles. The third-order valence-corrected chi connectivity index (χ3v) is 3.77. The number of nitrogens with one attached hydrogen (secondary N) is 3. The van der Waals surface area contributed by atoms with Crippen LogP contribution in [0, 0.1) is 0 Å². The first-order chi connectivity index (χ1) is 12.1. The Labute approximate surface area is 151 Å². The molecule has 0 saturated heterocycles. The summed E-state index contributed by atoms with van der Waals surface area (Å²) in [6.45, 7) is 2.87. The maximum Gasteiger partial charge on any atom is 0.183 e. The summed E-state index contributed by atoms with van der Waals surface area (Å²) >= 11 is 6.15. The molecule has 1 aromatic rings. The van der Waals surface area contributed by atoms with Crippen molar-refractivity contribution in [2.45, 2.75) is 13.3 Å². The Balaban J connectivity index is 2.15. The van der Waals surface area contributed by atoms with Gasteiger partial charge in [-0.3, -0.25) is 5.32 Å². The number of amidine groups is 1. The summed E-state index contributed by atoms with van der Waals surface area (Å²) in [7, 11) is 1.63. The SMILES string of the molecule is COC1NC=C(c2cc(Cl)ccc2OC/C(C)=C\C(=NN)NN)CN1. The van der Waals surface area contributed by atoms with Crippen molar-refractivity contribution in [1.29, 1.82) is 0 Å². The van der Waals surface area contributed by atoms with E-state index in [2.05, 4.69) is 21.2 Å². The number of rotatable bonds is 6. The summed E-state index contributed by atoms with van der Waals surface area (Å²) in [5, 5.41) is 10.5. The van der Waals surface area contributed by atoms with Gasteiger partial charge < -0.3 is 26.1 Å². The molecule has 25 heavy (non-hydrogen) atoms. The Hall–Kier alpha value is -2.26. The molecule has 0 spiro atoms. The van der Waals surface area contributed by atoms with Crippen LogP contribution in [0.25, 0.3) is 5.57 Å². The van der Waals surface area contributed by atoms with Crippen LogP contribution in [0.2, 0.25) is 5.02 Å². The second-order valence-electron chi connectivity index (χ2n) is 5.41. The number of hydrogen-bond acceptors (Lipinski definition) is 7. The molecule has 2 rings (SSSR count). The van der Waals surface area contributed by atoms with Crippen LogP contribution in [0.5, 0.6) is 5.75 Å². The molecule has 1 unspecified atom stereocenters. The Morgan fingerprint density at radius 2 is 2.32 bits per heavy atom. The topological polar surface area (TPSA) is 119 Å². The van der Waals surface area contributed by atoms with Gasteiger partial charge in [0, 0.05) is 30.4 Å². The van der Waals surface area contributed by atoms with Crippen molar-refractivity contribution >= 4 is 23.0 Å². The molecule has 7 N–H and O–H groups in total. The minimum Gasteiger partial charge on any atom is -0.489 e. The molecule has 0 radical (unpaired) electrons. The molecule has 1 aromatic carbocycles. The zero-order valence-corrected chi connectivity index (χ0v) is 14.9. The monoisotopic (exact) mass is 366 g/mol. The fourth-order valence-corrected chi connectivity index (χ4v) is 2.45. The van der Waals surface area contributed by atoms with E-state index >= 15 is 0 Å². The highest BCUT2D eigenvalue weighted by Gasteiger charge is 2.16. The molecular weight excluding hydrogens is 344 g/mol. The Morgan fingerprint density at radius 1 is 1.52 bits per heavy atom. The molecule has 0 fully saturated rings. The average Bonchev–Trinajstić information content (AvgIpc) is 2.65. The molecule has 9 heteroatoms. The summed E-state index contributed by atoms with van der Waals surface area (Å²) in [6.07, 6.45) is 3.39. The first-order valence-corrected chi connectivity index (χ1v) is 8.00. The van der Waals surface area contributed by atoms with Gasteiger partial charge in [-0.25, -0.2) is 5.84 Å². The molecule has 0 saturated carbocycles. The zero-order valence-electron chi connectivity index (χ0n) is 14.2.